The first kappa shape index (κ1) is 15.2. The molecule has 4 nitrogen and oxygen atoms in total. The van der Waals surface area contributed by atoms with Gasteiger partial charge in [-0.05, 0) is 38.7 Å². The molecule has 0 aliphatic carbocycles. The first-order chi connectivity index (χ1) is 8.19. The van der Waals surface area contributed by atoms with Gasteiger partial charge in [0.1, 0.15) is 0 Å². The topological polar surface area (TPSA) is 75.7 Å². The molecule has 1 rings (SSSR count). The zero-order valence-corrected chi connectivity index (χ0v) is 11.5. The van der Waals surface area contributed by atoms with E-state index in [1.807, 2.05) is 18.2 Å². The first-order valence-electron chi connectivity index (χ1n) is 6.05. The van der Waals surface area contributed by atoms with Crippen LogP contribution in [0.25, 0.3) is 0 Å². The Morgan fingerprint density at radius 2 is 1.78 bits per heavy atom. The highest BCUT2D eigenvalue weighted by molar-refractivity contribution is 6.60. The maximum absolute atomic E-state index is 10.1. The molecule has 1 aromatic rings. The molecule has 0 saturated heterocycles. The maximum Gasteiger partial charge on any atom is 0.491 e. The summed E-state index contributed by atoms with van der Waals surface area (Å²) in [4.78, 5) is 0. The summed E-state index contributed by atoms with van der Waals surface area (Å²) in [6.45, 7) is 7.10. The molecule has 0 aromatic heterocycles. The number of rotatable bonds is 5. The van der Waals surface area contributed by atoms with Crippen LogP contribution in [0, 0.1) is 0 Å². The van der Waals surface area contributed by atoms with Gasteiger partial charge >= 0.3 is 7.12 Å². The van der Waals surface area contributed by atoms with Crippen LogP contribution in [0.5, 0.6) is 0 Å². The minimum Gasteiger partial charge on any atom is -0.423 e. The van der Waals surface area contributed by atoms with Gasteiger partial charge in [0.2, 0.25) is 0 Å². The van der Waals surface area contributed by atoms with Gasteiger partial charge in [-0.15, -0.1) is 0 Å². The minimum atomic E-state index is -1.11. The van der Waals surface area contributed by atoms with Crippen LogP contribution in [0.3, 0.4) is 0 Å². The highest BCUT2D eigenvalue weighted by atomic mass is 16.5. The third-order valence-electron chi connectivity index (χ3n) is 3.42. The molecule has 0 aliphatic heterocycles. The third-order valence-corrected chi connectivity index (χ3v) is 3.42. The van der Waals surface area contributed by atoms with Gasteiger partial charge in [-0.1, -0.05) is 24.3 Å². The zero-order valence-electron chi connectivity index (χ0n) is 11.5. The summed E-state index contributed by atoms with van der Waals surface area (Å²) >= 11 is 0. The lowest BCUT2D eigenvalue weighted by atomic mass is 9.74. The van der Waals surface area contributed by atoms with Crippen LogP contribution in [-0.2, 0) is 11.2 Å². The monoisotopic (exact) mass is 251 g/mol. The van der Waals surface area contributed by atoms with E-state index in [4.69, 9.17) is 10.4 Å². The average Bonchev–Trinajstić information content (AvgIpc) is 2.26. The Morgan fingerprint density at radius 1 is 1.22 bits per heavy atom. The molecule has 5 heteroatoms. The van der Waals surface area contributed by atoms with Crippen molar-refractivity contribution in [3.63, 3.8) is 0 Å². The number of benzene rings is 1. The molecule has 0 bridgehead atoms. The van der Waals surface area contributed by atoms with Crippen LogP contribution >= 0.6 is 0 Å². The van der Waals surface area contributed by atoms with E-state index in [9.17, 15) is 10.1 Å². The van der Waals surface area contributed by atoms with Crippen LogP contribution in [0.1, 0.15) is 33.3 Å². The highest BCUT2D eigenvalue weighted by Gasteiger charge is 2.39. The summed E-state index contributed by atoms with van der Waals surface area (Å²) in [5, 5.41) is 20.1. The fourth-order valence-electron chi connectivity index (χ4n) is 1.45. The molecular formula is C13H22BNO3. The van der Waals surface area contributed by atoms with Gasteiger partial charge in [-0.25, -0.2) is 0 Å². The molecule has 100 valence electrons. The van der Waals surface area contributed by atoms with Crippen molar-refractivity contribution in [3.05, 3.63) is 29.8 Å². The van der Waals surface area contributed by atoms with Gasteiger partial charge in [0, 0.05) is 6.54 Å². The summed E-state index contributed by atoms with van der Waals surface area (Å²) in [5.74, 6) is 0. The van der Waals surface area contributed by atoms with Gasteiger partial charge in [-0.2, -0.15) is 0 Å². The minimum absolute atomic E-state index is 0.333. The molecule has 1 aromatic carbocycles. The van der Waals surface area contributed by atoms with Crippen molar-refractivity contribution >= 4 is 12.6 Å². The van der Waals surface area contributed by atoms with Crippen LogP contribution in [0.4, 0.5) is 0 Å². The third kappa shape index (κ3) is 3.33. The van der Waals surface area contributed by atoms with Gasteiger partial charge in [-0.3, -0.25) is 0 Å². The summed E-state index contributed by atoms with van der Waals surface area (Å²) < 4.78 is 5.58. The van der Waals surface area contributed by atoms with E-state index >= 15 is 0 Å². The second-order valence-electron chi connectivity index (χ2n) is 5.44. The van der Waals surface area contributed by atoms with Crippen LogP contribution in [0.15, 0.2) is 24.3 Å². The average molecular weight is 251 g/mol. The first-order valence-corrected chi connectivity index (χ1v) is 6.05. The molecule has 0 aliphatic rings. The summed E-state index contributed by atoms with van der Waals surface area (Å²) in [5.41, 5.74) is 5.14. The maximum atomic E-state index is 10.1. The quantitative estimate of drug-likeness (QED) is 0.662. The standard InChI is InChI=1S/C13H22BNO3/c1-12(2,16)13(3,4)18-14(17)11-8-6-5-7-10(11)9-15/h5-8,16-17H,9,15H2,1-4H3. The Morgan fingerprint density at radius 3 is 2.28 bits per heavy atom. The van der Waals surface area contributed by atoms with E-state index in [-0.39, 0.29) is 0 Å². The number of hydrogen-bond acceptors (Lipinski definition) is 4. The molecule has 0 unspecified atom stereocenters. The fraction of sp³-hybridized carbons (Fsp3) is 0.538. The van der Waals surface area contributed by atoms with Gasteiger partial charge in [0.15, 0.2) is 0 Å². The van der Waals surface area contributed by atoms with Crippen LogP contribution < -0.4 is 11.2 Å². The van der Waals surface area contributed by atoms with Gasteiger partial charge in [0.05, 0.1) is 11.2 Å². The van der Waals surface area contributed by atoms with Crippen molar-refractivity contribution in [1.29, 1.82) is 0 Å². The molecule has 0 fully saturated rings. The molecular weight excluding hydrogens is 229 g/mol. The molecule has 18 heavy (non-hydrogen) atoms. The zero-order chi connectivity index (χ0) is 14.0. The fourth-order valence-corrected chi connectivity index (χ4v) is 1.45. The summed E-state index contributed by atoms with van der Waals surface area (Å²) in [6.07, 6.45) is 0. The predicted octanol–water partition coefficient (Wildman–Crippen LogP) is 0.399. The van der Waals surface area contributed by atoms with Crippen molar-refractivity contribution < 1.29 is 14.8 Å². The lowest BCUT2D eigenvalue weighted by Crippen LogP contribution is -2.53. The lowest BCUT2D eigenvalue weighted by molar-refractivity contribution is -0.0982. The Labute approximate surface area is 109 Å². The van der Waals surface area contributed by atoms with Crippen molar-refractivity contribution in [2.24, 2.45) is 5.73 Å². The van der Waals surface area contributed by atoms with Crippen LogP contribution in [0.2, 0.25) is 0 Å². The largest absolute Gasteiger partial charge is 0.491 e. The molecule has 0 amide bonds. The SMILES string of the molecule is CC(C)(O)C(C)(C)OB(O)c1ccccc1CN. The van der Waals surface area contributed by atoms with Crippen molar-refractivity contribution in [1.82, 2.24) is 0 Å². The van der Waals surface area contributed by atoms with E-state index in [1.54, 1.807) is 33.8 Å². The van der Waals surface area contributed by atoms with Crippen molar-refractivity contribution in [2.45, 2.75) is 45.4 Å². The van der Waals surface area contributed by atoms with Gasteiger partial charge < -0.3 is 20.5 Å². The summed E-state index contributed by atoms with van der Waals surface area (Å²) in [6, 6.07) is 7.30. The molecule has 0 radical (unpaired) electrons. The molecule has 0 saturated carbocycles. The highest BCUT2D eigenvalue weighted by Crippen LogP contribution is 2.25. The molecule has 0 heterocycles. The Bertz CT molecular complexity index is 401. The smallest absolute Gasteiger partial charge is 0.423 e. The molecule has 0 spiro atoms. The number of aliphatic hydroxyl groups is 1. The normalized spacial score (nSPS) is 12.6. The predicted molar refractivity (Wildman–Crippen MR) is 73.4 cm³/mol. The Balaban J connectivity index is 2.92. The molecule has 0 atom stereocenters. The van der Waals surface area contributed by atoms with E-state index in [2.05, 4.69) is 0 Å². The summed E-state index contributed by atoms with van der Waals surface area (Å²) in [7, 11) is -1.11. The van der Waals surface area contributed by atoms with E-state index < -0.39 is 18.3 Å². The Kier molecular flexibility index (Phi) is 4.56. The van der Waals surface area contributed by atoms with Crippen LogP contribution in [-0.4, -0.2) is 28.5 Å². The second kappa shape index (κ2) is 5.40. The molecule has 4 N–H and O–H groups in total. The lowest BCUT2D eigenvalue weighted by Gasteiger charge is -2.38. The van der Waals surface area contributed by atoms with Crippen molar-refractivity contribution in [2.75, 3.05) is 0 Å². The van der Waals surface area contributed by atoms with E-state index in [0.717, 1.165) is 5.56 Å². The number of nitrogens with two attached hydrogens (primary N) is 1. The van der Waals surface area contributed by atoms with E-state index in [0.29, 0.717) is 12.0 Å². The number of hydrogen-bond donors (Lipinski definition) is 3. The van der Waals surface area contributed by atoms with Gasteiger partial charge in [0.25, 0.3) is 0 Å². The van der Waals surface area contributed by atoms with E-state index in [1.165, 1.54) is 0 Å². The Hall–Kier alpha value is -0.875. The van der Waals surface area contributed by atoms with Crippen molar-refractivity contribution in [3.8, 4) is 0 Å². The second-order valence-corrected chi connectivity index (χ2v) is 5.44.